The molecule has 6 rings (SSSR count). The third-order valence-electron chi connectivity index (χ3n) is 6.66. The molecule has 180 valence electrons. The number of nitrogens with one attached hydrogen (secondary N) is 2. The van der Waals surface area contributed by atoms with Crippen LogP contribution in [-0.2, 0) is 22.7 Å². The normalized spacial score (nSPS) is 15.5. The number of imide groups is 1. The van der Waals surface area contributed by atoms with Gasteiger partial charge in [0.15, 0.2) is 0 Å². The second kappa shape index (κ2) is 9.41. The van der Waals surface area contributed by atoms with Crippen molar-refractivity contribution in [3.05, 3.63) is 83.9 Å². The van der Waals surface area contributed by atoms with Crippen molar-refractivity contribution in [1.29, 1.82) is 0 Å². The van der Waals surface area contributed by atoms with Crippen LogP contribution in [0.4, 0.5) is 11.8 Å². The van der Waals surface area contributed by atoms with Crippen LogP contribution in [0.3, 0.4) is 0 Å². The maximum atomic E-state index is 12.1. The topological polar surface area (TPSA) is 87.2 Å². The van der Waals surface area contributed by atoms with Gasteiger partial charge in [-0.15, -0.1) is 0 Å². The summed E-state index contributed by atoms with van der Waals surface area (Å²) >= 11 is 0. The molecule has 0 bridgehead atoms. The molecule has 1 saturated carbocycles. The Balaban J connectivity index is 1.30. The molecular formula is C29H27N5O2. The summed E-state index contributed by atoms with van der Waals surface area (Å²) in [7, 11) is 0. The van der Waals surface area contributed by atoms with Gasteiger partial charge < -0.3 is 10.6 Å². The maximum absolute atomic E-state index is 12.1. The zero-order valence-corrected chi connectivity index (χ0v) is 19.9. The molecule has 7 nitrogen and oxygen atoms in total. The first-order chi connectivity index (χ1) is 17.6. The van der Waals surface area contributed by atoms with Gasteiger partial charge in [-0.3, -0.25) is 14.5 Å². The van der Waals surface area contributed by atoms with Crippen LogP contribution in [0.2, 0.25) is 0 Å². The molecule has 1 aliphatic heterocycles. The summed E-state index contributed by atoms with van der Waals surface area (Å²) in [5.74, 6) is 1.25. The molecule has 2 aliphatic rings. The highest BCUT2D eigenvalue weighted by Crippen LogP contribution is 2.32. The summed E-state index contributed by atoms with van der Waals surface area (Å²) in [5.41, 5.74) is 5.04. The first-order valence-electron chi connectivity index (χ1n) is 12.4. The van der Waals surface area contributed by atoms with Gasteiger partial charge in [0, 0.05) is 30.8 Å². The minimum Gasteiger partial charge on any atom is -0.367 e. The lowest BCUT2D eigenvalue weighted by Gasteiger charge is -2.15. The lowest BCUT2D eigenvalue weighted by Crippen LogP contribution is -2.28. The number of carbonyl (C=O) groups is 2. The predicted octanol–water partition coefficient (Wildman–Crippen LogP) is 5.13. The van der Waals surface area contributed by atoms with Crippen LogP contribution < -0.4 is 10.6 Å². The minimum atomic E-state index is -0.0965. The number of amides is 2. The Bertz CT molecular complexity index is 1430. The molecule has 7 heteroatoms. The van der Waals surface area contributed by atoms with Gasteiger partial charge in [-0.25, -0.2) is 4.98 Å². The van der Waals surface area contributed by atoms with Crippen molar-refractivity contribution < 1.29 is 9.59 Å². The predicted molar refractivity (Wildman–Crippen MR) is 140 cm³/mol. The van der Waals surface area contributed by atoms with E-state index < -0.39 is 0 Å². The van der Waals surface area contributed by atoms with Crippen LogP contribution in [0, 0.1) is 0 Å². The first-order valence-corrected chi connectivity index (χ1v) is 12.4. The van der Waals surface area contributed by atoms with Crippen LogP contribution in [0.5, 0.6) is 0 Å². The fraction of sp³-hybridized carbons (Fsp3) is 0.241. The minimum absolute atomic E-state index is 0.0965. The van der Waals surface area contributed by atoms with Crippen molar-refractivity contribution in [2.45, 2.75) is 44.8 Å². The van der Waals surface area contributed by atoms with Gasteiger partial charge in [0.25, 0.3) is 0 Å². The van der Waals surface area contributed by atoms with Crippen molar-refractivity contribution in [2.24, 2.45) is 0 Å². The van der Waals surface area contributed by atoms with Crippen LogP contribution in [0.15, 0.2) is 72.8 Å². The number of rotatable bonds is 8. The summed E-state index contributed by atoms with van der Waals surface area (Å²) in [6.07, 6.45) is 2.91. The van der Waals surface area contributed by atoms with E-state index in [9.17, 15) is 9.59 Å². The molecule has 36 heavy (non-hydrogen) atoms. The molecule has 0 atom stereocenters. The van der Waals surface area contributed by atoms with Crippen LogP contribution in [0.1, 0.15) is 36.8 Å². The number of carbonyl (C=O) groups excluding carboxylic acids is 2. The molecule has 0 radical (unpaired) electrons. The van der Waals surface area contributed by atoms with E-state index in [0.717, 1.165) is 46.3 Å². The van der Waals surface area contributed by atoms with Gasteiger partial charge in [-0.1, -0.05) is 54.6 Å². The number of benzene rings is 3. The molecule has 2 N–H and O–H groups in total. The van der Waals surface area contributed by atoms with E-state index in [1.165, 1.54) is 10.5 Å². The zero-order chi connectivity index (χ0) is 24.5. The number of likely N-dealkylation sites (tertiary alicyclic amines) is 1. The quantitative estimate of drug-likeness (QED) is 0.342. The van der Waals surface area contributed by atoms with E-state index in [-0.39, 0.29) is 11.8 Å². The Hall–Kier alpha value is -4.26. The molecular weight excluding hydrogens is 450 g/mol. The van der Waals surface area contributed by atoms with Crippen LogP contribution in [-0.4, -0.2) is 32.7 Å². The second-order valence-corrected chi connectivity index (χ2v) is 9.46. The van der Waals surface area contributed by atoms with Gasteiger partial charge in [-0.2, -0.15) is 4.98 Å². The summed E-state index contributed by atoms with van der Waals surface area (Å²) in [6, 6.07) is 24.9. The fourth-order valence-electron chi connectivity index (χ4n) is 4.53. The Labute approximate surface area is 209 Å². The average molecular weight is 478 g/mol. The number of hydrogen-bond acceptors (Lipinski definition) is 6. The van der Waals surface area contributed by atoms with Crippen molar-refractivity contribution in [2.75, 3.05) is 10.6 Å². The van der Waals surface area contributed by atoms with Gasteiger partial charge in [0.1, 0.15) is 5.82 Å². The molecule has 4 aromatic rings. The average Bonchev–Trinajstić information content (AvgIpc) is 3.68. The molecule has 1 aliphatic carbocycles. The van der Waals surface area contributed by atoms with Crippen molar-refractivity contribution in [3.63, 3.8) is 0 Å². The summed E-state index contributed by atoms with van der Waals surface area (Å²) in [5, 5.41) is 7.91. The Morgan fingerprint density at radius 1 is 0.806 bits per heavy atom. The summed E-state index contributed by atoms with van der Waals surface area (Å²) in [6.45, 7) is 0.968. The number of nitrogens with zero attached hydrogens (tertiary/aromatic N) is 3. The molecule has 0 unspecified atom stereocenters. The molecule has 0 spiro atoms. The second-order valence-electron chi connectivity index (χ2n) is 9.46. The smallest absolute Gasteiger partial charge is 0.229 e. The summed E-state index contributed by atoms with van der Waals surface area (Å²) < 4.78 is 0. The van der Waals surface area contributed by atoms with E-state index in [0.29, 0.717) is 37.9 Å². The molecule has 1 saturated heterocycles. The van der Waals surface area contributed by atoms with E-state index in [2.05, 4.69) is 34.9 Å². The van der Waals surface area contributed by atoms with Crippen molar-refractivity contribution in [3.8, 4) is 11.1 Å². The number of anilines is 2. The van der Waals surface area contributed by atoms with Crippen molar-refractivity contribution in [1.82, 2.24) is 14.9 Å². The largest absolute Gasteiger partial charge is 0.367 e. The van der Waals surface area contributed by atoms with Crippen LogP contribution >= 0.6 is 0 Å². The first kappa shape index (κ1) is 22.2. The molecule has 1 aromatic heterocycles. The molecule has 2 heterocycles. The van der Waals surface area contributed by atoms with Gasteiger partial charge in [-0.05, 0) is 53.3 Å². The molecule has 2 amide bonds. The third-order valence-corrected chi connectivity index (χ3v) is 6.66. The van der Waals surface area contributed by atoms with E-state index in [1.54, 1.807) is 0 Å². The molecule has 3 aromatic carbocycles. The maximum Gasteiger partial charge on any atom is 0.229 e. The Morgan fingerprint density at radius 2 is 1.56 bits per heavy atom. The molecule has 2 fully saturated rings. The fourth-order valence-corrected chi connectivity index (χ4v) is 4.53. The number of fused-ring (bicyclic) bond motifs is 1. The SMILES string of the molecule is O=C1CCC(=O)N1Cc1cccc(-c2ccc3nc(NCc4ccccc4)nc(NC4CC4)c3c2)c1. The van der Waals surface area contributed by atoms with Gasteiger partial charge in [0.2, 0.25) is 17.8 Å². The van der Waals surface area contributed by atoms with Gasteiger partial charge >= 0.3 is 0 Å². The highest BCUT2D eigenvalue weighted by molar-refractivity contribution is 6.01. The van der Waals surface area contributed by atoms with Gasteiger partial charge in [0.05, 0.1) is 12.1 Å². The van der Waals surface area contributed by atoms with E-state index in [1.807, 2.05) is 48.5 Å². The Morgan fingerprint density at radius 3 is 2.33 bits per heavy atom. The summed E-state index contributed by atoms with van der Waals surface area (Å²) in [4.78, 5) is 35.1. The monoisotopic (exact) mass is 477 g/mol. The van der Waals surface area contributed by atoms with Crippen molar-refractivity contribution >= 4 is 34.5 Å². The standard InChI is InChI=1S/C29H27N5O2/c35-26-13-14-27(36)34(26)18-20-7-4-8-21(15-20)22-9-12-25-24(16-22)28(31-23-10-11-23)33-29(32-25)30-17-19-5-2-1-3-6-19/h1-9,12,15-16,23H,10-11,13-14,17-18H2,(H2,30,31,32,33). The lowest BCUT2D eigenvalue weighted by molar-refractivity contribution is -0.139. The third kappa shape index (κ3) is 4.77. The van der Waals surface area contributed by atoms with E-state index >= 15 is 0 Å². The highest BCUT2D eigenvalue weighted by Gasteiger charge is 2.28. The number of aromatic nitrogens is 2. The number of hydrogen-bond donors (Lipinski definition) is 2. The lowest BCUT2D eigenvalue weighted by atomic mass is 10.0. The highest BCUT2D eigenvalue weighted by atomic mass is 16.2. The van der Waals surface area contributed by atoms with Crippen LogP contribution in [0.25, 0.3) is 22.0 Å². The zero-order valence-electron chi connectivity index (χ0n) is 19.9. The Kier molecular flexibility index (Phi) is 5.81. The van der Waals surface area contributed by atoms with E-state index in [4.69, 9.17) is 9.97 Å².